The first kappa shape index (κ1) is 8.90. The standard InChI is InChI=1S/C6H12O.Hg/c7-6-4-2-1-3-5-6;/h6-7H,1-5H2;. The summed E-state index contributed by atoms with van der Waals surface area (Å²) in [5, 5.41) is 8.91. The number of rotatable bonds is 0. The summed E-state index contributed by atoms with van der Waals surface area (Å²) >= 11 is 0. The maximum atomic E-state index is 8.91. The molecule has 0 heterocycles. The van der Waals surface area contributed by atoms with E-state index in [2.05, 4.69) is 0 Å². The molecule has 1 aliphatic rings. The molecule has 1 rings (SSSR count). The fraction of sp³-hybridized carbons (Fsp3) is 1.00. The Bertz CT molecular complexity index is 50.5. The molecule has 0 aromatic carbocycles. The van der Waals surface area contributed by atoms with Crippen molar-refractivity contribution in [3.63, 3.8) is 0 Å². The summed E-state index contributed by atoms with van der Waals surface area (Å²) in [6, 6.07) is 0. The van der Waals surface area contributed by atoms with Crippen LogP contribution < -0.4 is 0 Å². The zero-order chi connectivity index (χ0) is 5.11. The molecule has 2 heteroatoms. The molecule has 0 saturated heterocycles. The molecular weight excluding hydrogens is 289 g/mol. The molecule has 0 amide bonds. The summed E-state index contributed by atoms with van der Waals surface area (Å²) in [5.74, 6) is 0. The first-order valence-electron chi connectivity index (χ1n) is 3.07. The van der Waals surface area contributed by atoms with E-state index in [1.54, 1.807) is 0 Å². The Balaban J connectivity index is 0.000000490. The molecule has 1 fully saturated rings. The molecule has 0 radical (unpaired) electrons. The van der Waals surface area contributed by atoms with Crippen molar-refractivity contribution in [1.82, 2.24) is 0 Å². The Morgan fingerprint density at radius 2 is 1.50 bits per heavy atom. The van der Waals surface area contributed by atoms with Crippen LogP contribution in [0.3, 0.4) is 0 Å². The normalized spacial score (nSPS) is 22.1. The first-order valence-corrected chi connectivity index (χ1v) is 3.07. The van der Waals surface area contributed by atoms with Crippen molar-refractivity contribution in [2.24, 2.45) is 0 Å². The molecule has 1 nitrogen and oxygen atoms in total. The predicted octanol–water partition coefficient (Wildman–Crippen LogP) is 1.31. The summed E-state index contributed by atoms with van der Waals surface area (Å²) in [6.45, 7) is 0. The molecule has 0 unspecified atom stereocenters. The summed E-state index contributed by atoms with van der Waals surface area (Å²) in [4.78, 5) is 0. The van der Waals surface area contributed by atoms with Gasteiger partial charge >= 0.3 is 0 Å². The average molecular weight is 301 g/mol. The molecule has 1 N–H and O–H groups in total. The zero-order valence-electron chi connectivity index (χ0n) is 5.27. The third-order valence-corrected chi connectivity index (χ3v) is 1.57. The maximum Gasteiger partial charge on any atom is 0.0540 e. The number of hydrogen-bond donors (Lipinski definition) is 1. The van der Waals surface area contributed by atoms with Crippen molar-refractivity contribution in [2.75, 3.05) is 0 Å². The third-order valence-electron chi connectivity index (χ3n) is 1.57. The largest absolute Gasteiger partial charge is 0.393 e. The van der Waals surface area contributed by atoms with E-state index in [0.29, 0.717) is 0 Å². The van der Waals surface area contributed by atoms with E-state index < -0.39 is 0 Å². The van der Waals surface area contributed by atoms with Crippen molar-refractivity contribution in [2.45, 2.75) is 38.2 Å². The van der Waals surface area contributed by atoms with Gasteiger partial charge in [-0.3, -0.25) is 0 Å². The van der Waals surface area contributed by atoms with Crippen molar-refractivity contribution >= 4 is 0 Å². The van der Waals surface area contributed by atoms with Crippen LogP contribution in [0.4, 0.5) is 0 Å². The number of aliphatic hydroxyl groups is 1. The predicted molar refractivity (Wildman–Crippen MR) is 29.1 cm³/mol. The summed E-state index contributed by atoms with van der Waals surface area (Å²) in [5.41, 5.74) is 0. The van der Waals surface area contributed by atoms with Crippen LogP contribution in [0.15, 0.2) is 0 Å². The van der Waals surface area contributed by atoms with Crippen LogP contribution in [0.2, 0.25) is 0 Å². The van der Waals surface area contributed by atoms with Gasteiger partial charge in [0, 0.05) is 27.7 Å². The maximum absolute atomic E-state index is 8.91. The molecule has 1 saturated carbocycles. The first-order chi connectivity index (χ1) is 3.39. The van der Waals surface area contributed by atoms with Gasteiger partial charge in [0.25, 0.3) is 0 Å². The molecule has 0 aromatic heterocycles. The number of aliphatic hydroxyl groups excluding tert-OH is 1. The van der Waals surface area contributed by atoms with Gasteiger partial charge in [0.05, 0.1) is 6.10 Å². The van der Waals surface area contributed by atoms with Crippen molar-refractivity contribution in [3.05, 3.63) is 0 Å². The monoisotopic (exact) mass is 302 g/mol. The second-order valence-corrected chi connectivity index (χ2v) is 2.29. The summed E-state index contributed by atoms with van der Waals surface area (Å²) < 4.78 is 0. The van der Waals surface area contributed by atoms with Gasteiger partial charge in [-0.1, -0.05) is 19.3 Å². The van der Waals surface area contributed by atoms with Gasteiger partial charge in [-0.2, -0.15) is 0 Å². The second-order valence-electron chi connectivity index (χ2n) is 2.29. The van der Waals surface area contributed by atoms with E-state index in [1.807, 2.05) is 0 Å². The Hall–Kier alpha value is 0.895. The Kier molecular flexibility index (Phi) is 5.27. The molecular formula is C6H12HgO. The molecule has 8 heavy (non-hydrogen) atoms. The molecule has 0 aliphatic heterocycles. The van der Waals surface area contributed by atoms with E-state index in [1.165, 1.54) is 19.3 Å². The minimum Gasteiger partial charge on any atom is -0.393 e. The zero-order valence-corrected chi connectivity index (χ0v) is 10.8. The van der Waals surface area contributed by atoms with Gasteiger partial charge in [0.15, 0.2) is 0 Å². The fourth-order valence-corrected chi connectivity index (χ4v) is 1.08. The van der Waals surface area contributed by atoms with E-state index in [9.17, 15) is 0 Å². The van der Waals surface area contributed by atoms with Crippen molar-refractivity contribution < 1.29 is 32.8 Å². The third kappa shape index (κ3) is 3.03. The fourth-order valence-electron chi connectivity index (χ4n) is 1.08. The molecule has 1 aliphatic carbocycles. The molecule has 0 bridgehead atoms. The van der Waals surface area contributed by atoms with Crippen LogP contribution in [-0.2, 0) is 27.7 Å². The second kappa shape index (κ2) is 4.74. The van der Waals surface area contributed by atoms with Crippen LogP contribution in [0.25, 0.3) is 0 Å². The minimum atomic E-state index is 0. The van der Waals surface area contributed by atoms with E-state index in [-0.39, 0.29) is 33.8 Å². The quantitative estimate of drug-likeness (QED) is 0.669. The van der Waals surface area contributed by atoms with Crippen LogP contribution in [0, 0.1) is 0 Å². The van der Waals surface area contributed by atoms with Crippen LogP contribution in [0.5, 0.6) is 0 Å². The van der Waals surface area contributed by atoms with Gasteiger partial charge in [-0.05, 0) is 12.8 Å². The molecule has 0 spiro atoms. The smallest absolute Gasteiger partial charge is 0.0540 e. The molecule has 0 aromatic rings. The van der Waals surface area contributed by atoms with Crippen LogP contribution in [-0.4, -0.2) is 11.2 Å². The van der Waals surface area contributed by atoms with E-state index >= 15 is 0 Å². The number of hydrogen-bond acceptors (Lipinski definition) is 1. The molecule has 44 valence electrons. The topological polar surface area (TPSA) is 20.2 Å². The molecule has 0 atom stereocenters. The van der Waals surface area contributed by atoms with E-state index in [4.69, 9.17) is 5.11 Å². The Morgan fingerprint density at radius 3 is 1.75 bits per heavy atom. The van der Waals surface area contributed by atoms with E-state index in [0.717, 1.165) is 12.8 Å². The van der Waals surface area contributed by atoms with Crippen LogP contribution >= 0.6 is 0 Å². The minimum absolute atomic E-state index is 0. The van der Waals surface area contributed by atoms with Crippen molar-refractivity contribution in [1.29, 1.82) is 0 Å². The Labute approximate surface area is 71.0 Å². The van der Waals surface area contributed by atoms with Gasteiger partial charge < -0.3 is 5.11 Å². The van der Waals surface area contributed by atoms with Gasteiger partial charge in [-0.15, -0.1) is 0 Å². The average Bonchev–Trinajstić information content (AvgIpc) is 1.69. The van der Waals surface area contributed by atoms with Crippen LogP contribution in [0.1, 0.15) is 32.1 Å². The van der Waals surface area contributed by atoms with Gasteiger partial charge in [0.2, 0.25) is 0 Å². The summed E-state index contributed by atoms with van der Waals surface area (Å²) in [7, 11) is 0. The summed E-state index contributed by atoms with van der Waals surface area (Å²) in [6.07, 6.45) is 5.92. The van der Waals surface area contributed by atoms with Gasteiger partial charge in [0.1, 0.15) is 0 Å². The van der Waals surface area contributed by atoms with Gasteiger partial charge in [-0.25, -0.2) is 0 Å². The SMILES string of the molecule is OC1CCCCC1.[Hg]. The van der Waals surface area contributed by atoms with Crippen molar-refractivity contribution in [3.8, 4) is 0 Å². The Morgan fingerprint density at radius 1 is 1.00 bits per heavy atom.